The quantitative estimate of drug-likeness (QED) is 0.363. The summed E-state index contributed by atoms with van der Waals surface area (Å²) in [6, 6.07) is 6.01. The largest absolute Gasteiger partial charge is 0.269 e. The number of hydrogen-bond donors (Lipinski definition) is 1. The Bertz CT molecular complexity index is 258. The first-order valence-electron chi connectivity index (χ1n) is 2.63. The second-order valence-electron chi connectivity index (χ2n) is 1.77. The van der Waals surface area contributed by atoms with Gasteiger partial charge in [-0.05, 0) is 12.1 Å². The molecule has 1 rings (SSSR count). The number of rotatable bonds is 1. The van der Waals surface area contributed by atoms with Crippen molar-refractivity contribution in [1.82, 2.24) is 0 Å². The molecule has 0 heterocycles. The fourth-order valence-corrected chi connectivity index (χ4v) is 0.723. The number of nitrogens with zero attached hydrogens (tertiary/aromatic N) is 1. The number of nitro groups is 1. The van der Waals surface area contributed by atoms with Crippen LogP contribution >= 0.6 is 12.6 Å². The van der Waals surface area contributed by atoms with Gasteiger partial charge in [-0.1, -0.05) is 0 Å². The monoisotopic (exact) mass is 255 g/mol. The van der Waals surface area contributed by atoms with Crippen LogP contribution in [0.25, 0.3) is 0 Å². The predicted octanol–water partition coefficient (Wildman–Crippen LogP) is 2.65. The molecule has 0 aliphatic heterocycles. The Morgan fingerprint density at radius 2 is 1.27 bits per heavy atom. The van der Waals surface area contributed by atoms with Gasteiger partial charge in [0.25, 0.3) is 5.69 Å². The summed E-state index contributed by atoms with van der Waals surface area (Å²) in [7, 11) is 0. The molecule has 92 valence electrons. The summed E-state index contributed by atoms with van der Waals surface area (Å²) >= 11 is 3.98. The van der Waals surface area contributed by atoms with Crippen LogP contribution in [0.4, 0.5) is 29.2 Å². The molecule has 9 heteroatoms. The fourth-order valence-electron chi connectivity index (χ4n) is 0.574. The van der Waals surface area contributed by atoms with Crippen LogP contribution in [0.5, 0.6) is 0 Å². The summed E-state index contributed by atoms with van der Waals surface area (Å²) in [6.45, 7) is 0. The topological polar surface area (TPSA) is 43.1 Å². The number of non-ortho nitro benzene ring substituents is 1. The van der Waals surface area contributed by atoms with Crippen LogP contribution in [0.3, 0.4) is 0 Å². The van der Waals surface area contributed by atoms with Crippen molar-refractivity contribution in [3.63, 3.8) is 0 Å². The first-order chi connectivity index (χ1) is 4.70. The molecule has 1 aromatic rings. The second-order valence-corrected chi connectivity index (χ2v) is 2.29. The van der Waals surface area contributed by atoms with Crippen LogP contribution < -0.4 is 0 Å². The third-order valence-electron chi connectivity index (χ3n) is 1.06. The van der Waals surface area contributed by atoms with Gasteiger partial charge in [0.15, 0.2) is 0 Å². The molecule has 0 aromatic heterocycles. The molecular formula is C6H10F5NO2S. The van der Waals surface area contributed by atoms with Crippen molar-refractivity contribution in [2.24, 2.45) is 0 Å². The molecular weight excluding hydrogens is 245 g/mol. The molecule has 0 spiro atoms. The van der Waals surface area contributed by atoms with Crippen molar-refractivity contribution >= 4 is 18.3 Å². The highest BCUT2D eigenvalue weighted by molar-refractivity contribution is 7.80. The van der Waals surface area contributed by atoms with Gasteiger partial charge in [-0.3, -0.25) is 33.6 Å². The van der Waals surface area contributed by atoms with Gasteiger partial charge in [-0.15, -0.1) is 12.6 Å². The first-order valence-corrected chi connectivity index (χ1v) is 3.08. The Morgan fingerprint density at radius 1 is 0.933 bits per heavy atom. The highest BCUT2D eigenvalue weighted by atomic mass is 32.1. The Morgan fingerprint density at radius 3 is 1.53 bits per heavy atom. The average molecular weight is 255 g/mol. The molecule has 1 aromatic carbocycles. The molecule has 3 nitrogen and oxygen atoms in total. The van der Waals surface area contributed by atoms with Crippen molar-refractivity contribution in [1.29, 1.82) is 0 Å². The van der Waals surface area contributed by atoms with Crippen molar-refractivity contribution < 1.29 is 28.4 Å². The van der Waals surface area contributed by atoms with Gasteiger partial charge in [0, 0.05) is 17.0 Å². The van der Waals surface area contributed by atoms with E-state index in [-0.39, 0.29) is 29.2 Å². The molecule has 0 fully saturated rings. The van der Waals surface area contributed by atoms with Crippen LogP contribution in [0, 0.1) is 10.1 Å². The molecule has 0 saturated carbocycles. The van der Waals surface area contributed by atoms with Gasteiger partial charge < -0.3 is 0 Å². The zero-order valence-corrected chi connectivity index (χ0v) is 7.96. The number of nitro benzene ring substituents is 1. The second kappa shape index (κ2) is 12.6. The van der Waals surface area contributed by atoms with Gasteiger partial charge >= 0.3 is 0 Å². The summed E-state index contributed by atoms with van der Waals surface area (Å²) < 4.78 is 0. The molecule has 0 atom stereocenters. The maximum atomic E-state index is 10.1. The van der Waals surface area contributed by atoms with E-state index >= 15 is 0 Å². The number of thiol groups is 1. The van der Waals surface area contributed by atoms with E-state index < -0.39 is 4.92 Å². The summed E-state index contributed by atoms with van der Waals surface area (Å²) in [5.41, 5.74) is 0.0952. The van der Waals surface area contributed by atoms with Crippen molar-refractivity contribution in [3.05, 3.63) is 34.4 Å². The third kappa shape index (κ3) is 8.94. The average Bonchev–Trinajstić information content (AvgIpc) is 1.88. The van der Waals surface area contributed by atoms with Crippen LogP contribution in [0.1, 0.15) is 0 Å². The summed E-state index contributed by atoms with van der Waals surface area (Å²) in [5.74, 6) is 0. The highest BCUT2D eigenvalue weighted by Gasteiger charge is 2.00. The van der Waals surface area contributed by atoms with E-state index in [9.17, 15) is 10.1 Å². The summed E-state index contributed by atoms with van der Waals surface area (Å²) in [4.78, 5) is 10.4. The van der Waals surface area contributed by atoms with E-state index in [0.29, 0.717) is 0 Å². The smallest absolute Gasteiger partial charge is 0.269 e. The van der Waals surface area contributed by atoms with Crippen LogP contribution in [-0.2, 0) is 0 Å². The SMILES string of the molecule is F.F.F.F.F.O=[N+]([O-])c1ccc(S)cc1. The van der Waals surface area contributed by atoms with Gasteiger partial charge in [-0.2, -0.15) is 0 Å². The van der Waals surface area contributed by atoms with Crippen molar-refractivity contribution in [2.75, 3.05) is 0 Å². The lowest BCUT2D eigenvalue weighted by Crippen LogP contribution is -1.85. The van der Waals surface area contributed by atoms with Gasteiger partial charge in [-0.25, -0.2) is 0 Å². The minimum atomic E-state index is -0.437. The van der Waals surface area contributed by atoms with E-state index in [0.717, 1.165) is 4.90 Å². The van der Waals surface area contributed by atoms with Crippen molar-refractivity contribution in [3.8, 4) is 0 Å². The minimum absolute atomic E-state index is 0. The number of hydrogen-bond acceptors (Lipinski definition) is 3. The summed E-state index contributed by atoms with van der Waals surface area (Å²) in [6.07, 6.45) is 0. The lowest BCUT2D eigenvalue weighted by atomic mass is 10.3. The van der Waals surface area contributed by atoms with E-state index in [4.69, 9.17) is 0 Å². The molecule has 0 amide bonds. The molecule has 0 aliphatic rings. The van der Waals surface area contributed by atoms with Gasteiger partial charge in [0.05, 0.1) is 4.92 Å². The van der Waals surface area contributed by atoms with Crippen LogP contribution in [0.15, 0.2) is 29.2 Å². The van der Waals surface area contributed by atoms with E-state index in [1.165, 1.54) is 12.1 Å². The number of halogens is 5. The Labute approximate surface area is 86.9 Å². The molecule has 15 heavy (non-hydrogen) atoms. The lowest BCUT2D eigenvalue weighted by Gasteiger charge is -1.89. The summed E-state index contributed by atoms with van der Waals surface area (Å²) in [5, 5.41) is 10.1. The van der Waals surface area contributed by atoms with Crippen LogP contribution in [-0.4, -0.2) is 4.92 Å². The minimum Gasteiger partial charge on any atom is -0.269 e. The third-order valence-corrected chi connectivity index (χ3v) is 1.36. The maximum Gasteiger partial charge on any atom is 0.269 e. The van der Waals surface area contributed by atoms with E-state index in [1.807, 2.05) is 0 Å². The van der Waals surface area contributed by atoms with E-state index in [1.54, 1.807) is 12.1 Å². The molecule has 0 radical (unpaired) electrons. The standard InChI is InChI=1S/C6H5NO2S.5FH/c8-7(9)5-1-3-6(10)4-2-5;;;;;/h1-4,10H;5*1H. The fraction of sp³-hybridized carbons (Fsp3) is 0. The lowest BCUT2D eigenvalue weighted by molar-refractivity contribution is -0.384. The zero-order chi connectivity index (χ0) is 7.56. The molecule has 0 saturated heterocycles. The Balaban J connectivity index is -0.0000000667. The maximum absolute atomic E-state index is 10.1. The van der Waals surface area contributed by atoms with Gasteiger partial charge in [0.1, 0.15) is 0 Å². The molecule has 0 N–H and O–H groups in total. The van der Waals surface area contributed by atoms with Gasteiger partial charge in [0.2, 0.25) is 0 Å². The Kier molecular flexibility index (Phi) is 24.6. The zero-order valence-electron chi connectivity index (χ0n) is 7.06. The molecule has 0 bridgehead atoms. The highest BCUT2D eigenvalue weighted by Crippen LogP contribution is 2.13. The Hall–Kier alpha value is -1.38. The van der Waals surface area contributed by atoms with Crippen molar-refractivity contribution in [2.45, 2.75) is 4.90 Å². The molecule has 0 unspecified atom stereocenters. The predicted molar refractivity (Wildman–Crippen MR) is 52.9 cm³/mol. The molecule has 0 aliphatic carbocycles. The normalized spacial score (nSPS) is 6.20. The van der Waals surface area contributed by atoms with E-state index in [2.05, 4.69) is 12.6 Å². The van der Waals surface area contributed by atoms with Crippen LogP contribution in [0.2, 0.25) is 0 Å². The first kappa shape index (κ1) is 29.2. The number of benzene rings is 1.